The largest absolute Gasteiger partial charge is 0.497 e. The number of rotatable bonds is 5. The Kier molecular flexibility index (Phi) is 5.04. The van der Waals surface area contributed by atoms with E-state index < -0.39 is 0 Å². The van der Waals surface area contributed by atoms with Gasteiger partial charge in [-0.3, -0.25) is 4.57 Å². The van der Waals surface area contributed by atoms with Crippen LogP contribution in [-0.4, -0.2) is 27.6 Å². The molecule has 0 aliphatic carbocycles. The number of hydrogen-bond donors (Lipinski definition) is 0. The molecular weight excluding hydrogens is 344 g/mol. The lowest BCUT2D eigenvalue weighted by atomic mass is 10.2. The highest BCUT2D eigenvalue weighted by Gasteiger charge is 2.17. The Morgan fingerprint density at radius 3 is 2.58 bits per heavy atom. The Bertz CT molecular complexity index is 886. The SMILES string of the molecule is COc1ccc(-n2c(SCC#N)nnc2-c2ccccc2Cl)cc1. The Hall–Kier alpha value is -2.49. The van der Waals surface area contributed by atoms with Gasteiger partial charge in [0.05, 0.1) is 24.0 Å². The molecule has 1 aromatic heterocycles. The maximum Gasteiger partial charge on any atom is 0.197 e. The summed E-state index contributed by atoms with van der Waals surface area (Å²) in [5.41, 5.74) is 1.66. The first-order chi connectivity index (χ1) is 11.7. The van der Waals surface area contributed by atoms with Crippen LogP contribution in [0.5, 0.6) is 5.75 Å². The number of nitriles is 1. The summed E-state index contributed by atoms with van der Waals surface area (Å²) in [4.78, 5) is 0. The molecular formula is C17H13ClN4OS. The number of ether oxygens (including phenoxy) is 1. The predicted molar refractivity (Wildman–Crippen MR) is 94.7 cm³/mol. The van der Waals surface area contributed by atoms with Crippen LogP contribution in [0.3, 0.4) is 0 Å². The van der Waals surface area contributed by atoms with Crippen molar-refractivity contribution in [2.75, 3.05) is 12.9 Å². The average Bonchev–Trinajstić information content (AvgIpc) is 3.04. The zero-order valence-electron chi connectivity index (χ0n) is 12.8. The fourth-order valence-electron chi connectivity index (χ4n) is 2.24. The molecule has 120 valence electrons. The second-order valence-corrected chi connectivity index (χ2v) is 6.12. The van der Waals surface area contributed by atoms with E-state index in [1.165, 1.54) is 11.8 Å². The molecule has 0 saturated heterocycles. The normalized spacial score (nSPS) is 10.4. The molecule has 24 heavy (non-hydrogen) atoms. The van der Waals surface area contributed by atoms with Crippen LogP contribution < -0.4 is 4.74 Å². The average molecular weight is 357 g/mol. The van der Waals surface area contributed by atoms with E-state index in [0.29, 0.717) is 16.0 Å². The Labute approximate surface area is 148 Å². The monoisotopic (exact) mass is 356 g/mol. The number of methoxy groups -OCH3 is 1. The van der Waals surface area contributed by atoms with Gasteiger partial charge in [0.25, 0.3) is 0 Å². The zero-order valence-corrected chi connectivity index (χ0v) is 14.4. The summed E-state index contributed by atoms with van der Waals surface area (Å²) in [5.74, 6) is 1.68. The minimum Gasteiger partial charge on any atom is -0.497 e. The first kappa shape index (κ1) is 16.4. The maximum atomic E-state index is 8.86. The number of hydrogen-bond acceptors (Lipinski definition) is 5. The molecule has 0 aliphatic rings. The van der Waals surface area contributed by atoms with Crippen molar-refractivity contribution in [3.05, 3.63) is 53.6 Å². The van der Waals surface area contributed by atoms with Gasteiger partial charge in [0, 0.05) is 11.3 Å². The third-order valence-electron chi connectivity index (χ3n) is 3.34. The minimum absolute atomic E-state index is 0.289. The molecule has 0 fully saturated rings. The van der Waals surface area contributed by atoms with Gasteiger partial charge in [0.1, 0.15) is 5.75 Å². The lowest BCUT2D eigenvalue weighted by Gasteiger charge is -2.11. The number of thioether (sulfide) groups is 1. The molecule has 0 radical (unpaired) electrons. The molecule has 0 atom stereocenters. The molecule has 5 nitrogen and oxygen atoms in total. The third-order valence-corrected chi connectivity index (χ3v) is 4.47. The van der Waals surface area contributed by atoms with Crippen LogP contribution in [-0.2, 0) is 0 Å². The van der Waals surface area contributed by atoms with E-state index in [1.807, 2.05) is 53.1 Å². The van der Waals surface area contributed by atoms with Gasteiger partial charge in [-0.25, -0.2) is 0 Å². The zero-order chi connectivity index (χ0) is 16.9. The summed E-state index contributed by atoms with van der Waals surface area (Å²) in [6.07, 6.45) is 0. The highest BCUT2D eigenvalue weighted by atomic mass is 35.5. The second kappa shape index (κ2) is 7.39. The van der Waals surface area contributed by atoms with Gasteiger partial charge >= 0.3 is 0 Å². The number of halogens is 1. The van der Waals surface area contributed by atoms with Crippen molar-refractivity contribution < 1.29 is 4.74 Å². The first-order valence-corrected chi connectivity index (χ1v) is 8.45. The van der Waals surface area contributed by atoms with Crippen molar-refractivity contribution in [2.24, 2.45) is 0 Å². The molecule has 0 spiro atoms. The van der Waals surface area contributed by atoms with E-state index in [0.717, 1.165) is 17.0 Å². The molecule has 0 amide bonds. The van der Waals surface area contributed by atoms with E-state index >= 15 is 0 Å². The van der Waals surface area contributed by atoms with E-state index in [1.54, 1.807) is 7.11 Å². The van der Waals surface area contributed by atoms with Crippen LogP contribution in [0.1, 0.15) is 0 Å². The first-order valence-electron chi connectivity index (χ1n) is 7.09. The second-order valence-electron chi connectivity index (χ2n) is 4.77. The number of benzene rings is 2. The number of aromatic nitrogens is 3. The molecule has 0 bridgehead atoms. The van der Waals surface area contributed by atoms with Gasteiger partial charge in [0.2, 0.25) is 0 Å². The van der Waals surface area contributed by atoms with Gasteiger partial charge in [-0.1, -0.05) is 35.5 Å². The molecule has 0 aliphatic heterocycles. The van der Waals surface area contributed by atoms with Crippen molar-refractivity contribution in [3.63, 3.8) is 0 Å². The topological polar surface area (TPSA) is 63.7 Å². The summed E-state index contributed by atoms with van der Waals surface area (Å²) < 4.78 is 7.10. The quantitative estimate of drug-likeness (QED) is 0.641. The summed E-state index contributed by atoms with van der Waals surface area (Å²) >= 11 is 7.65. The van der Waals surface area contributed by atoms with Crippen LogP contribution in [0.25, 0.3) is 17.1 Å². The van der Waals surface area contributed by atoms with Crippen molar-refractivity contribution in [3.8, 4) is 28.9 Å². The molecule has 1 heterocycles. The van der Waals surface area contributed by atoms with Gasteiger partial charge in [0.15, 0.2) is 11.0 Å². The summed E-state index contributed by atoms with van der Waals surface area (Å²) in [6, 6.07) is 17.1. The smallest absolute Gasteiger partial charge is 0.197 e. The van der Waals surface area contributed by atoms with E-state index in [4.69, 9.17) is 21.6 Å². The Balaban J connectivity index is 2.14. The van der Waals surface area contributed by atoms with Crippen molar-refractivity contribution >= 4 is 23.4 Å². The van der Waals surface area contributed by atoms with Gasteiger partial charge < -0.3 is 4.74 Å². The summed E-state index contributed by atoms with van der Waals surface area (Å²) in [5, 5.41) is 18.6. The van der Waals surface area contributed by atoms with Crippen LogP contribution in [0.4, 0.5) is 0 Å². The molecule has 3 rings (SSSR count). The number of nitrogens with zero attached hydrogens (tertiary/aromatic N) is 4. The van der Waals surface area contributed by atoms with Crippen LogP contribution in [0.2, 0.25) is 5.02 Å². The van der Waals surface area contributed by atoms with Crippen LogP contribution in [0.15, 0.2) is 53.7 Å². The Morgan fingerprint density at radius 2 is 1.92 bits per heavy atom. The van der Waals surface area contributed by atoms with Crippen molar-refractivity contribution in [1.82, 2.24) is 14.8 Å². The molecule has 0 unspecified atom stereocenters. The fourth-order valence-corrected chi connectivity index (χ4v) is 3.07. The summed E-state index contributed by atoms with van der Waals surface area (Å²) in [7, 11) is 1.62. The molecule has 3 aromatic rings. The Morgan fingerprint density at radius 1 is 1.17 bits per heavy atom. The third kappa shape index (κ3) is 3.23. The predicted octanol–water partition coefficient (Wildman–Crippen LogP) is 4.21. The lowest BCUT2D eigenvalue weighted by Crippen LogP contribution is -2.00. The highest BCUT2D eigenvalue weighted by Crippen LogP contribution is 2.32. The highest BCUT2D eigenvalue weighted by molar-refractivity contribution is 7.99. The summed E-state index contributed by atoms with van der Waals surface area (Å²) in [6.45, 7) is 0. The molecule has 2 aromatic carbocycles. The van der Waals surface area contributed by atoms with E-state index in [-0.39, 0.29) is 5.75 Å². The van der Waals surface area contributed by atoms with Gasteiger partial charge in [-0.2, -0.15) is 5.26 Å². The van der Waals surface area contributed by atoms with Crippen molar-refractivity contribution in [2.45, 2.75) is 5.16 Å². The molecule has 0 N–H and O–H groups in total. The van der Waals surface area contributed by atoms with Crippen molar-refractivity contribution in [1.29, 1.82) is 5.26 Å². The molecule has 7 heteroatoms. The maximum absolute atomic E-state index is 8.86. The van der Waals surface area contributed by atoms with Gasteiger partial charge in [-0.15, -0.1) is 10.2 Å². The van der Waals surface area contributed by atoms with Crippen LogP contribution >= 0.6 is 23.4 Å². The minimum atomic E-state index is 0.289. The van der Waals surface area contributed by atoms with E-state index in [2.05, 4.69) is 16.3 Å². The van der Waals surface area contributed by atoms with Gasteiger partial charge in [-0.05, 0) is 36.4 Å². The van der Waals surface area contributed by atoms with E-state index in [9.17, 15) is 0 Å². The molecule has 0 saturated carbocycles. The fraction of sp³-hybridized carbons (Fsp3) is 0.118. The standard InChI is InChI=1S/C17H13ClN4OS/c1-23-13-8-6-12(7-9-13)22-16(14-4-2-3-5-15(14)18)20-21-17(22)24-11-10-19/h2-9H,11H2,1H3. The van der Waals surface area contributed by atoms with Crippen LogP contribution in [0, 0.1) is 11.3 Å². The lowest BCUT2D eigenvalue weighted by molar-refractivity contribution is 0.414.